The van der Waals surface area contributed by atoms with E-state index in [0.29, 0.717) is 33.1 Å². The minimum Gasteiger partial charge on any atom is -0.495 e. The van der Waals surface area contributed by atoms with Crippen LogP contribution in [0.4, 0.5) is 5.69 Å². The molecule has 96 valence electrons. The van der Waals surface area contributed by atoms with Crippen LogP contribution in [-0.4, -0.2) is 19.2 Å². The Labute approximate surface area is 111 Å². The molecule has 0 radical (unpaired) electrons. The van der Waals surface area contributed by atoms with Crippen molar-refractivity contribution in [2.75, 3.05) is 20.0 Å². The molecule has 0 saturated carbocycles. The fraction of sp³-hybridized carbons (Fsp3) is 0.308. The maximum absolute atomic E-state index is 6.27. The van der Waals surface area contributed by atoms with Crippen LogP contribution >= 0.6 is 11.6 Å². The molecule has 18 heavy (non-hydrogen) atoms. The smallest absolute Gasteiger partial charge is 0.148 e. The number of ether oxygens (including phenoxy) is 2. The summed E-state index contributed by atoms with van der Waals surface area (Å²) in [6, 6.07) is 3.55. The van der Waals surface area contributed by atoms with E-state index in [0.717, 1.165) is 12.1 Å². The quantitative estimate of drug-likeness (QED) is 0.928. The zero-order chi connectivity index (χ0) is 13.3. The van der Waals surface area contributed by atoms with Crippen LogP contribution in [-0.2, 0) is 6.42 Å². The molecule has 1 heterocycles. The highest BCUT2D eigenvalue weighted by Gasteiger charge is 2.16. The van der Waals surface area contributed by atoms with E-state index >= 15 is 0 Å². The van der Waals surface area contributed by atoms with E-state index in [1.165, 1.54) is 0 Å². The van der Waals surface area contributed by atoms with Crippen LogP contribution in [0.5, 0.6) is 11.5 Å². The van der Waals surface area contributed by atoms with Crippen molar-refractivity contribution >= 4 is 28.2 Å². The summed E-state index contributed by atoms with van der Waals surface area (Å²) >= 11 is 6.27. The summed E-state index contributed by atoms with van der Waals surface area (Å²) < 4.78 is 10.5. The number of anilines is 1. The zero-order valence-electron chi connectivity index (χ0n) is 10.6. The van der Waals surface area contributed by atoms with E-state index < -0.39 is 0 Å². The van der Waals surface area contributed by atoms with Crippen LogP contribution in [0, 0.1) is 0 Å². The van der Waals surface area contributed by atoms with Gasteiger partial charge in [-0.15, -0.1) is 0 Å². The number of rotatable bonds is 3. The Morgan fingerprint density at radius 2 is 1.89 bits per heavy atom. The summed E-state index contributed by atoms with van der Waals surface area (Å²) in [5.74, 6) is 1.13. The minimum absolute atomic E-state index is 0.459. The third kappa shape index (κ3) is 1.93. The molecule has 0 unspecified atom stereocenters. The number of nitrogen functional groups attached to an aromatic ring is 1. The van der Waals surface area contributed by atoms with E-state index in [1.807, 2.05) is 13.0 Å². The molecule has 2 rings (SSSR count). The van der Waals surface area contributed by atoms with E-state index in [4.69, 9.17) is 26.8 Å². The fourth-order valence-electron chi connectivity index (χ4n) is 1.89. The first kappa shape index (κ1) is 12.8. The molecule has 5 heteroatoms. The van der Waals surface area contributed by atoms with Crippen LogP contribution < -0.4 is 15.2 Å². The van der Waals surface area contributed by atoms with Gasteiger partial charge in [-0.2, -0.15) is 0 Å². The van der Waals surface area contributed by atoms with Crippen molar-refractivity contribution in [1.82, 2.24) is 4.98 Å². The fourth-order valence-corrected chi connectivity index (χ4v) is 2.22. The maximum Gasteiger partial charge on any atom is 0.148 e. The number of aromatic nitrogens is 1. The van der Waals surface area contributed by atoms with Crippen molar-refractivity contribution in [3.05, 3.63) is 22.8 Å². The number of hydrogen-bond donors (Lipinski definition) is 1. The first-order valence-corrected chi connectivity index (χ1v) is 5.99. The Hall–Kier alpha value is -1.68. The van der Waals surface area contributed by atoms with Crippen LogP contribution in [0.3, 0.4) is 0 Å². The van der Waals surface area contributed by atoms with Gasteiger partial charge in [-0.3, -0.25) is 0 Å². The highest BCUT2D eigenvalue weighted by atomic mass is 35.5. The first-order valence-electron chi connectivity index (χ1n) is 5.61. The van der Waals surface area contributed by atoms with Crippen LogP contribution in [0.2, 0.25) is 5.02 Å². The van der Waals surface area contributed by atoms with E-state index in [1.54, 1.807) is 20.3 Å². The van der Waals surface area contributed by atoms with Crippen LogP contribution in [0.15, 0.2) is 12.1 Å². The van der Waals surface area contributed by atoms with Crippen molar-refractivity contribution in [1.29, 1.82) is 0 Å². The molecular weight excluding hydrogens is 252 g/mol. The van der Waals surface area contributed by atoms with Crippen LogP contribution in [0.25, 0.3) is 10.9 Å². The van der Waals surface area contributed by atoms with Gasteiger partial charge in [0.15, 0.2) is 0 Å². The van der Waals surface area contributed by atoms with E-state index in [9.17, 15) is 0 Å². The number of benzene rings is 1. The predicted molar refractivity (Wildman–Crippen MR) is 73.6 cm³/mol. The third-order valence-corrected chi connectivity index (χ3v) is 3.21. The number of hydrogen-bond acceptors (Lipinski definition) is 4. The molecule has 2 N–H and O–H groups in total. The van der Waals surface area contributed by atoms with Gasteiger partial charge in [0.05, 0.1) is 19.2 Å². The summed E-state index contributed by atoms with van der Waals surface area (Å²) in [6.07, 6.45) is 0.799. The standard InChI is InChI=1S/C13H15ClN2O2/c1-4-7-5-8(15)11-12(14)9(17-2)6-10(18-3)13(11)16-7/h5-6H,4H2,1-3H3,(H2,15,16). The lowest BCUT2D eigenvalue weighted by Gasteiger charge is -2.13. The average molecular weight is 267 g/mol. The number of nitrogens with zero attached hydrogens (tertiary/aromatic N) is 1. The maximum atomic E-state index is 6.27. The first-order chi connectivity index (χ1) is 8.62. The number of halogens is 1. The lowest BCUT2D eigenvalue weighted by atomic mass is 10.1. The van der Waals surface area contributed by atoms with Gasteiger partial charge in [0, 0.05) is 22.8 Å². The molecule has 0 fully saturated rings. The van der Waals surface area contributed by atoms with Gasteiger partial charge in [-0.1, -0.05) is 18.5 Å². The van der Waals surface area contributed by atoms with Gasteiger partial charge in [-0.05, 0) is 12.5 Å². The van der Waals surface area contributed by atoms with Crippen LogP contribution in [0.1, 0.15) is 12.6 Å². The number of pyridine rings is 1. The van der Waals surface area contributed by atoms with Gasteiger partial charge >= 0.3 is 0 Å². The Morgan fingerprint density at radius 3 is 2.44 bits per heavy atom. The lowest BCUT2D eigenvalue weighted by Crippen LogP contribution is -1.99. The Balaban J connectivity index is 2.89. The SMILES string of the molecule is CCc1cc(N)c2c(Cl)c(OC)cc(OC)c2n1. The summed E-state index contributed by atoms with van der Waals surface area (Å²) in [5, 5.41) is 1.13. The molecule has 2 aromatic rings. The summed E-state index contributed by atoms with van der Waals surface area (Å²) in [7, 11) is 3.13. The number of aryl methyl sites for hydroxylation is 1. The summed E-state index contributed by atoms with van der Waals surface area (Å²) in [6.45, 7) is 2.02. The molecule has 0 spiro atoms. The normalized spacial score (nSPS) is 10.7. The molecule has 0 aliphatic rings. The third-order valence-electron chi connectivity index (χ3n) is 2.84. The monoisotopic (exact) mass is 266 g/mol. The number of nitrogens with two attached hydrogens (primary N) is 1. The molecule has 1 aromatic heterocycles. The largest absolute Gasteiger partial charge is 0.495 e. The predicted octanol–water partition coefficient (Wildman–Crippen LogP) is 3.05. The minimum atomic E-state index is 0.459. The highest BCUT2D eigenvalue weighted by Crippen LogP contribution is 2.41. The van der Waals surface area contributed by atoms with Gasteiger partial charge in [0.1, 0.15) is 17.0 Å². The molecule has 4 nitrogen and oxygen atoms in total. The second kappa shape index (κ2) is 4.90. The molecular formula is C13H15ClN2O2. The molecule has 0 aliphatic heterocycles. The Bertz CT molecular complexity index is 599. The van der Waals surface area contributed by atoms with Crippen molar-refractivity contribution in [3.63, 3.8) is 0 Å². The zero-order valence-corrected chi connectivity index (χ0v) is 11.3. The Morgan fingerprint density at radius 1 is 1.22 bits per heavy atom. The lowest BCUT2D eigenvalue weighted by molar-refractivity contribution is 0.397. The molecule has 0 bridgehead atoms. The van der Waals surface area contributed by atoms with E-state index in [-0.39, 0.29) is 0 Å². The molecule has 0 saturated heterocycles. The van der Waals surface area contributed by atoms with E-state index in [2.05, 4.69) is 4.98 Å². The average Bonchev–Trinajstić information content (AvgIpc) is 2.38. The van der Waals surface area contributed by atoms with Crippen molar-refractivity contribution in [2.45, 2.75) is 13.3 Å². The second-order valence-corrected chi connectivity index (χ2v) is 4.25. The summed E-state index contributed by atoms with van der Waals surface area (Å²) in [4.78, 5) is 4.52. The van der Waals surface area contributed by atoms with Gasteiger partial charge in [0.2, 0.25) is 0 Å². The molecule has 1 aromatic carbocycles. The van der Waals surface area contributed by atoms with Crippen molar-refractivity contribution in [2.24, 2.45) is 0 Å². The molecule has 0 atom stereocenters. The Kier molecular flexibility index (Phi) is 3.48. The second-order valence-electron chi connectivity index (χ2n) is 3.88. The van der Waals surface area contributed by atoms with Gasteiger partial charge in [0.25, 0.3) is 0 Å². The van der Waals surface area contributed by atoms with Crippen molar-refractivity contribution < 1.29 is 9.47 Å². The van der Waals surface area contributed by atoms with Crippen molar-refractivity contribution in [3.8, 4) is 11.5 Å². The van der Waals surface area contributed by atoms with Gasteiger partial charge in [-0.25, -0.2) is 4.98 Å². The topological polar surface area (TPSA) is 57.4 Å². The number of fused-ring (bicyclic) bond motifs is 1. The molecule has 0 aliphatic carbocycles. The highest BCUT2D eigenvalue weighted by molar-refractivity contribution is 6.38. The molecule has 0 amide bonds. The van der Waals surface area contributed by atoms with Gasteiger partial charge < -0.3 is 15.2 Å². The number of methoxy groups -OCH3 is 2. The summed E-state index contributed by atoms with van der Waals surface area (Å²) in [5.41, 5.74) is 8.20.